The van der Waals surface area contributed by atoms with E-state index in [1.54, 1.807) is 11.0 Å². The van der Waals surface area contributed by atoms with Crippen LogP contribution in [0.5, 0.6) is 0 Å². The van der Waals surface area contributed by atoms with Crippen LogP contribution in [0.1, 0.15) is 24.6 Å². The summed E-state index contributed by atoms with van der Waals surface area (Å²) in [6.45, 7) is 0. The fourth-order valence-electron chi connectivity index (χ4n) is 1.79. The van der Waals surface area contributed by atoms with Gasteiger partial charge < -0.3 is 5.32 Å². The lowest BCUT2D eigenvalue weighted by Crippen LogP contribution is -2.17. The Balaban J connectivity index is 2.17. The number of terminal acetylenes is 1. The molecule has 0 fully saturated rings. The van der Waals surface area contributed by atoms with E-state index in [9.17, 15) is 0 Å². The fraction of sp³-hybridized carbons (Fsp3) is 0.286. The summed E-state index contributed by atoms with van der Waals surface area (Å²) in [5, 5.41) is 12.0. The molecule has 4 nitrogen and oxygen atoms in total. The number of para-hydroxylation sites is 1. The molecule has 2 rings (SSSR count). The second-order valence-electron chi connectivity index (χ2n) is 3.98. The molecule has 92 valence electrons. The van der Waals surface area contributed by atoms with E-state index in [0.717, 1.165) is 24.2 Å². The fourth-order valence-corrected chi connectivity index (χ4v) is 1.79. The minimum absolute atomic E-state index is 0.151. The van der Waals surface area contributed by atoms with Crippen molar-refractivity contribution in [3.8, 4) is 18.0 Å². The molecule has 0 saturated carbocycles. The Morgan fingerprint density at radius 1 is 1.39 bits per heavy atom. The quantitative estimate of drug-likeness (QED) is 0.812. The van der Waals surface area contributed by atoms with Crippen LogP contribution in [-0.4, -0.2) is 22.0 Å². The van der Waals surface area contributed by atoms with Gasteiger partial charge in [0.2, 0.25) is 0 Å². The molecule has 0 aliphatic rings. The first-order valence-corrected chi connectivity index (χ1v) is 5.93. The van der Waals surface area contributed by atoms with Gasteiger partial charge in [-0.2, -0.15) is 15.0 Å². The number of benzene rings is 1. The van der Waals surface area contributed by atoms with Crippen molar-refractivity contribution in [2.24, 2.45) is 0 Å². The summed E-state index contributed by atoms with van der Waals surface area (Å²) in [4.78, 5) is 1.63. The van der Waals surface area contributed by atoms with Crippen LogP contribution in [0.4, 0.5) is 0 Å². The van der Waals surface area contributed by atoms with Crippen molar-refractivity contribution in [2.75, 3.05) is 7.05 Å². The van der Waals surface area contributed by atoms with Crippen molar-refractivity contribution in [3.05, 3.63) is 42.2 Å². The Bertz CT molecular complexity index is 524. The highest BCUT2D eigenvalue weighted by atomic mass is 15.5. The van der Waals surface area contributed by atoms with Gasteiger partial charge in [0, 0.05) is 6.42 Å². The molecule has 18 heavy (non-hydrogen) atoms. The van der Waals surface area contributed by atoms with Gasteiger partial charge in [-0.25, -0.2) is 0 Å². The Kier molecular flexibility index (Phi) is 4.11. The lowest BCUT2D eigenvalue weighted by Gasteiger charge is -2.10. The normalized spacial score (nSPS) is 12.0. The van der Waals surface area contributed by atoms with E-state index in [1.807, 2.05) is 37.4 Å². The minimum Gasteiger partial charge on any atom is -0.312 e. The largest absolute Gasteiger partial charge is 0.312 e. The molecule has 1 aromatic heterocycles. The minimum atomic E-state index is 0.151. The van der Waals surface area contributed by atoms with Crippen LogP contribution in [0.25, 0.3) is 5.69 Å². The van der Waals surface area contributed by atoms with Gasteiger partial charge in [-0.05, 0) is 25.6 Å². The molecule has 1 aromatic carbocycles. The topological polar surface area (TPSA) is 42.7 Å². The maximum absolute atomic E-state index is 5.29. The van der Waals surface area contributed by atoms with E-state index in [4.69, 9.17) is 6.42 Å². The van der Waals surface area contributed by atoms with Gasteiger partial charge in [0.25, 0.3) is 0 Å². The van der Waals surface area contributed by atoms with Gasteiger partial charge in [-0.15, -0.1) is 12.3 Å². The third-order valence-electron chi connectivity index (χ3n) is 2.78. The second kappa shape index (κ2) is 5.99. The summed E-state index contributed by atoms with van der Waals surface area (Å²) >= 11 is 0. The standard InChI is InChI=1S/C14H16N4/c1-3-4-10-13(15-2)14-11-16-18(17-14)12-8-6-5-7-9-12/h1,5-9,11,13,15H,4,10H2,2H3. The average molecular weight is 240 g/mol. The molecule has 2 aromatic rings. The highest BCUT2D eigenvalue weighted by Gasteiger charge is 2.12. The van der Waals surface area contributed by atoms with Crippen LogP contribution < -0.4 is 5.32 Å². The summed E-state index contributed by atoms with van der Waals surface area (Å²) in [5.41, 5.74) is 1.87. The van der Waals surface area contributed by atoms with Crippen molar-refractivity contribution < 1.29 is 0 Å². The molecular formula is C14H16N4. The van der Waals surface area contributed by atoms with E-state index < -0.39 is 0 Å². The van der Waals surface area contributed by atoms with Crippen molar-refractivity contribution in [3.63, 3.8) is 0 Å². The summed E-state index contributed by atoms with van der Waals surface area (Å²) in [7, 11) is 1.91. The third kappa shape index (κ3) is 2.76. The number of nitrogens with one attached hydrogen (secondary N) is 1. The molecular weight excluding hydrogens is 224 g/mol. The zero-order valence-corrected chi connectivity index (χ0v) is 10.4. The first kappa shape index (κ1) is 12.3. The zero-order chi connectivity index (χ0) is 12.8. The van der Waals surface area contributed by atoms with Gasteiger partial charge in [-0.1, -0.05) is 18.2 Å². The van der Waals surface area contributed by atoms with Crippen LogP contribution in [0.2, 0.25) is 0 Å². The van der Waals surface area contributed by atoms with E-state index in [0.29, 0.717) is 0 Å². The molecule has 0 saturated heterocycles. The first-order chi connectivity index (χ1) is 8.85. The summed E-state index contributed by atoms with van der Waals surface area (Å²) in [6, 6.07) is 9.99. The van der Waals surface area contributed by atoms with Gasteiger partial charge in [0.05, 0.1) is 17.9 Å². The lowest BCUT2D eigenvalue weighted by atomic mass is 10.1. The highest BCUT2D eigenvalue weighted by Crippen LogP contribution is 2.15. The first-order valence-electron chi connectivity index (χ1n) is 5.93. The lowest BCUT2D eigenvalue weighted by molar-refractivity contribution is 0.538. The molecule has 0 amide bonds. The van der Waals surface area contributed by atoms with Crippen LogP contribution >= 0.6 is 0 Å². The maximum atomic E-state index is 5.29. The van der Waals surface area contributed by atoms with Gasteiger partial charge in [-0.3, -0.25) is 0 Å². The molecule has 1 N–H and O–H groups in total. The number of rotatable bonds is 5. The van der Waals surface area contributed by atoms with Crippen LogP contribution in [-0.2, 0) is 0 Å². The summed E-state index contributed by atoms with van der Waals surface area (Å²) < 4.78 is 0. The summed E-state index contributed by atoms with van der Waals surface area (Å²) in [6.07, 6.45) is 8.66. The maximum Gasteiger partial charge on any atom is 0.100 e. The molecule has 0 aliphatic carbocycles. The van der Waals surface area contributed by atoms with E-state index >= 15 is 0 Å². The number of hydrogen-bond acceptors (Lipinski definition) is 3. The predicted octanol–water partition coefficient (Wildman–Crippen LogP) is 1.94. The van der Waals surface area contributed by atoms with Crippen molar-refractivity contribution in [2.45, 2.75) is 18.9 Å². The number of hydrogen-bond donors (Lipinski definition) is 1. The molecule has 0 aliphatic heterocycles. The molecule has 1 heterocycles. The highest BCUT2D eigenvalue weighted by molar-refractivity contribution is 5.28. The Hall–Kier alpha value is -2.12. The SMILES string of the molecule is C#CCCC(NC)c1cnn(-c2ccccc2)n1. The van der Waals surface area contributed by atoms with E-state index in [-0.39, 0.29) is 6.04 Å². The van der Waals surface area contributed by atoms with Crippen LogP contribution in [0, 0.1) is 12.3 Å². The Labute approximate surface area is 107 Å². The van der Waals surface area contributed by atoms with Crippen molar-refractivity contribution in [1.29, 1.82) is 0 Å². The van der Waals surface area contributed by atoms with Crippen LogP contribution in [0.3, 0.4) is 0 Å². The van der Waals surface area contributed by atoms with Gasteiger partial charge in [0.1, 0.15) is 5.69 Å². The van der Waals surface area contributed by atoms with Crippen molar-refractivity contribution in [1.82, 2.24) is 20.3 Å². The Morgan fingerprint density at radius 3 is 2.83 bits per heavy atom. The molecule has 0 radical (unpaired) electrons. The van der Waals surface area contributed by atoms with Gasteiger partial charge in [0.15, 0.2) is 0 Å². The molecule has 0 spiro atoms. The monoisotopic (exact) mass is 240 g/mol. The smallest absolute Gasteiger partial charge is 0.100 e. The molecule has 1 atom stereocenters. The molecule has 1 unspecified atom stereocenters. The van der Waals surface area contributed by atoms with Crippen LogP contribution in [0.15, 0.2) is 36.5 Å². The summed E-state index contributed by atoms with van der Waals surface area (Å²) in [5.74, 6) is 2.65. The molecule has 0 bridgehead atoms. The van der Waals surface area contributed by atoms with E-state index in [2.05, 4.69) is 21.4 Å². The van der Waals surface area contributed by atoms with Crippen molar-refractivity contribution >= 4 is 0 Å². The number of aromatic nitrogens is 3. The second-order valence-corrected chi connectivity index (χ2v) is 3.98. The molecule has 4 heteroatoms. The third-order valence-corrected chi connectivity index (χ3v) is 2.78. The number of nitrogens with zero attached hydrogens (tertiary/aromatic N) is 3. The average Bonchev–Trinajstić information content (AvgIpc) is 2.90. The van der Waals surface area contributed by atoms with E-state index in [1.165, 1.54) is 0 Å². The predicted molar refractivity (Wildman–Crippen MR) is 71.2 cm³/mol. The van der Waals surface area contributed by atoms with Gasteiger partial charge >= 0.3 is 0 Å². The Morgan fingerprint density at radius 2 is 2.17 bits per heavy atom. The zero-order valence-electron chi connectivity index (χ0n) is 10.4.